The number of hydrogen-bond donors (Lipinski definition) is 2. The van der Waals surface area contributed by atoms with Crippen LogP contribution in [0.3, 0.4) is 0 Å². The van der Waals surface area contributed by atoms with E-state index < -0.39 is 0 Å². The lowest BCUT2D eigenvalue weighted by molar-refractivity contribution is 0.474. The highest BCUT2D eigenvalue weighted by atomic mass is 16.3. The molecule has 0 aliphatic carbocycles. The molecule has 0 saturated heterocycles. The van der Waals surface area contributed by atoms with E-state index in [1.165, 1.54) is 0 Å². The zero-order chi connectivity index (χ0) is 11.0. The third-order valence-corrected chi connectivity index (χ3v) is 2.43. The highest BCUT2D eigenvalue weighted by Crippen LogP contribution is 2.31. The summed E-state index contributed by atoms with van der Waals surface area (Å²) >= 11 is 0. The molecular formula is C12H8N3O. The Hall–Kier alpha value is -2.36. The van der Waals surface area contributed by atoms with Crippen molar-refractivity contribution in [3.05, 3.63) is 42.9 Å². The van der Waals surface area contributed by atoms with Crippen LogP contribution in [0, 0.1) is 6.07 Å². The van der Waals surface area contributed by atoms with Gasteiger partial charge >= 0.3 is 0 Å². The molecular weight excluding hydrogens is 202 g/mol. The molecule has 77 valence electrons. The highest BCUT2D eigenvalue weighted by Gasteiger charge is 2.10. The van der Waals surface area contributed by atoms with Gasteiger partial charge in [0, 0.05) is 35.6 Å². The van der Waals surface area contributed by atoms with Crippen LogP contribution < -0.4 is 0 Å². The number of aromatic nitrogens is 3. The van der Waals surface area contributed by atoms with Crippen molar-refractivity contribution in [2.45, 2.75) is 0 Å². The summed E-state index contributed by atoms with van der Waals surface area (Å²) in [7, 11) is 0. The molecule has 4 heteroatoms. The molecule has 0 aromatic carbocycles. The predicted octanol–water partition coefficient (Wildman–Crippen LogP) is 2.13. The molecule has 0 unspecified atom stereocenters. The van der Waals surface area contributed by atoms with E-state index in [2.05, 4.69) is 21.0 Å². The Bertz CT molecular complexity index is 645. The molecule has 2 N–H and O–H groups in total. The number of nitrogens with one attached hydrogen (secondary N) is 1. The van der Waals surface area contributed by atoms with Crippen LogP contribution in [0.4, 0.5) is 0 Å². The van der Waals surface area contributed by atoms with Gasteiger partial charge in [0.15, 0.2) is 0 Å². The van der Waals surface area contributed by atoms with Gasteiger partial charge in [-0.2, -0.15) is 0 Å². The van der Waals surface area contributed by atoms with Crippen LogP contribution in [0.2, 0.25) is 0 Å². The van der Waals surface area contributed by atoms with Crippen molar-refractivity contribution in [3.63, 3.8) is 0 Å². The fraction of sp³-hybridized carbons (Fsp3) is 0. The SMILES string of the molecule is Oc1[c]ccnc1-c1c[nH]c2ncccc12. The van der Waals surface area contributed by atoms with E-state index >= 15 is 0 Å². The van der Waals surface area contributed by atoms with Gasteiger partial charge in [0.25, 0.3) is 0 Å². The van der Waals surface area contributed by atoms with Crippen LogP contribution in [-0.4, -0.2) is 20.1 Å². The first kappa shape index (κ1) is 8.91. The first-order chi connectivity index (χ1) is 7.86. The van der Waals surface area contributed by atoms with Crippen LogP contribution in [0.1, 0.15) is 0 Å². The number of aromatic amines is 1. The number of fused-ring (bicyclic) bond motifs is 1. The van der Waals surface area contributed by atoms with Crippen LogP contribution >= 0.6 is 0 Å². The Kier molecular flexibility index (Phi) is 1.86. The maximum Gasteiger partial charge on any atom is 0.149 e. The van der Waals surface area contributed by atoms with Crippen LogP contribution in [-0.2, 0) is 0 Å². The number of hydrogen-bond acceptors (Lipinski definition) is 3. The third-order valence-electron chi connectivity index (χ3n) is 2.43. The average Bonchev–Trinajstić information content (AvgIpc) is 2.74. The van der Waals surface area contributed by atoms with E-state index in [-0.39, 0.29) is 5.75 Å². The van der Waals surface area contributed by atoms with Gasteiger partial charge in [0.05, 0.1) is 0 Å². The minimum absolute atomic E-state index is 0.0484. The highest BCUT2D eigenvalue weighted by molar-refractivity contribution is 5.93. The molecule has 3 rings (SSSR count). The van der Waals surface area contributed by atoms with E-state index in [1.807, 2.05) is 12.1 Å². The maximum absolute atomic E-state index is 9.69. The zero-order valence-electron chi connectivity index (χ0n) is 8.31. The summed E-state index contributed by atoms with van der Waals surface area (Å²) in [6.45, 7) is 0. The van der Waals surface area contributed by atoms with Gasteiger partial charge in [-0.05, 0) is 18.2 Å². The topological polar surface area (TPSA) is 61.8 Å². The second-order valence-electron chi connectivity index (χ2n) is 3.39. The van der Waals surface area contributed by atoms with Crippen LogP contribution in [0.5, 0.6) is 5.75 Å². The normalized spacial score (nSPS) is 10.8. The fourth-order valence-corrected chi connectivity index (χ4v) is 1.71. The summed E-state index contributed by atoms with van der Waals surface area (Å²) in [6, 6.07) is 8.07. The van der Waals surface area contributed by atoms with Gasteiger partial charge in [0.2, 0.25) is 0 Å². The molecule has 1 radical (unpaired) electrons. The van der Waals surface area contributed by atoms with Gasteiger partial charge in [-0.3, -0.25) is 4.98 Å². The van der Waals surface area contributed by atoms with Crippen LogP contribution in [0.15, 0.2) is 36.8 Å². The standard InChI is InChI=1S/C12H8N3O/c16-10-4-2-5-13-11(10)9-7-15-12-8(9)3-1-6-14-12/h1-3,5-7,16H,(H,14,15). The second kappa shape index (κ2) is 3.34. The van der Waals surface area contributed by atoms with E-state index in [0.717, 1.165) is 16.6 Å². The predicted molar refractivity (Wildman–Crippen MR) is 59.8 cm³/mol. The Labute approximate surface area is 91.6 Å². The minimum Gasteiger partial charge on any atom is -0.505 e. The molecule has 0 fully saturated rings. The summed E-state index contributed by atoms with van der Waals surface area (Å²) in [4.78, 5) is 11.4. The average molecular weight is 210 g/mol. The number of H-pyrrole nitrogens is 1. The lowest BCUT2D eigenvalue weighted by atomic mass is 10.1. The van der Waals surface area contributed by atoms with Crippen molar-refractivity contribution in [1.29, 1.82) is 0 Å². The quantitative estimate of drug-likeness (QED) is 0.646. The molecule has 0 amide bonds. The number of pyridine rings is 2. The molecule has 4 nitrogen and oxygen atoms in total. The van der Waals surface area contributed by atoms with Gasteiger partial charge in [-0.15, -0.1) is 0 Å². The molecule has 3 aromatic heterocycles. The van der Waals surface area contributed by atoms with Crippen LogP contribution in [0.25, 0.3) is 22.3 Å². The van der Waals surface area contributed by atoms with Crippen molar-refractivity contribution >= 4 is 11.0 Å². The molecule has 0 aliphatic rings. The summed E-state index contributed by atoms with van der Waals surface area (Å²) in [5.74, 6) is 0.0484. The number of nitrogens with zero attached hydrogens (tertiary/aromatic N) is 2. The van der Waals surface area contributed by atoms with E-state index in [0.29, 0.717) is 5.69 Å². The molecule has 16 heavy (non-hydrogen) atoms. The van der Waals surface area contributed by atoms with Gasteiger partial charge in [0.1, 0.15) is 17.1 Å². The van der Waals surface area contributed by atoms with Crippen molar-refractivity contribution < 1.29 is 5.11 Å². The van der Waals surface area contributed by atoms with Crippen molar-refractivity contribution in [1.82, 2.24) is 15.0 Å². The minimum atomic E-state index is 0.0484. The Balaban J connectivity index is 2.31. The Morgan fingerprint density at radius 2 is 2.19 bits per heavy atom. The molecule has 3 heterocycles. The summed E-state index contributed by atoms with van der Waals surface area (Å²) in [5, 5.41) is 10.6. The first-order valence-electron chi connectivity index (χ1n) is 4.84. The van der Waals surface area contributed by atoms with Gasteiger partial charge in [-0.1, -0.05) is 0 Å². The summed E-state index contributed by atoms with van der Waals surface area (Å²) < 4.78 is 0. The van der Waals surface area contributed by atoms with Gasteiger partial charge in [-0.25, -0.2) is 4.98 Å². The lowest BCUT2D eigenvalue weighted by Gasteiger charge is -2.00. The van der Waals surface area contributed by atoms with E-state index in [4.69, 9.17) is 0 Å². The third kappa shape index (κ3) is 1.24. The van der Waals surface area contributed by atoms with Crippen molar-refractivity contribution in [2.24, 2.45) is 0 Å². The maximum atomic E-state index is 9.69. The smallest absolute Gasteiger partial charge is 0.149 e. The number of aromatic hydroxyl groups is 1. The summed E-state index contributed by atoms with van der Waals surface area (Å²) in [6.07, 6.45) is 5.10. The molecule has 0 spiro atoms. The van der Waals surface area contributed by atoms with Crippen molar-refractivity contribution in [2.75, 3.05) is 0 Å². The van der Waals surface area contributed by atoms with Crippen molar-refractivity contribution in [3.8, 4) is 17.0 Å². The molecule has 3 aromatic rings. The zero-order valence-corrected chi connectivity index (χ0v) is 8.31. The Morgan fingerprint density at radius 1 is 1.25 bits per heavy atom. The first-order valence-corrected chi connectivity index (χ1v) is 4.84. The Morgan fingerprint density at radius 3 is 3.06 bits per heavy atom. The van der Waals surface area contributed by atoms with Gasteiger partial charge < -0.3 is 10.1 Å². The monoisotopic (exact) mass is 210 g/mol. The van der Waals surface area contributed by atoms with E-state index in [1.54, 1.807) is 24.7 Å². The lowest BCUT2D eigenvalue weighted by Crippen LogP contribution is -1.82. The largest absolute Gasteiger partial charge is 0.505 e. The molecule has 0 saturated carbocycles. The van der Waals surface area contributed by atoms with E-state index in [9.17, 15) is 5.11 Å². The second-order valence-corrected chi connectivity index (χ2v) is 3.39. The molecule has 0 atom stereocenters. The fourth-order valence-electron chi connectivity index (χ4n) is 1.71. The molecule has 0 bridgehead atoms. The number of rotatable bonds is 1. The molecule has 0 aliphatic heterocycles. The summed E-state index contributed by atoms with van der Waals surface area (Å²) in [5.41, 5.74) is 2.13.